The maximum absolute atomic E-state index is 12.8. The monoisotopic (exact) mass is 344 g/mol. The molecule has 0 aliphatic carbocycles. The summed E-state index contributed by atoms with van der Waals surface area (Å²) in [5, 5.41) is 3.20. The van der Waals surface area contributed by atoms with Gasteiger partial charge in [0, 0.05) is 19.5 Å². The van der Waals surface area contributed by atoms with Crippen LogP contribution in [-0.2, 0) is 4.79 Å². The number of piperidine rings is 1. The molecule has 1 N–H and O–H groups in total. The second kappa shape index (κ2) is 10.4. The van der Waals surface area contributed by atoms with E-state index in [4.69, 9.17) is 4.74 Å². The Morgan fingerprint density at radius 1 is 1.30 bits per heavy atom. The summed E-state index contributed by atoms with van der Waals surface area (Å²) in [5.74, 6) is 1.27. The van der Waals surface area contributed by atoms with Crippen LogP contribution in [0.2, 0.25) is 0 Å². The number of hydrogen-bond acceptors (Lipinski definition) is 3. The Balaban J connectivity index is 0.00000264. The molecule has 0 unspecified atom stereocenters. The van der Waals surface area contributed by atoms with Crippen LogP contribution >= 0.6 is 12.4 Å². The minimum absolute atomic E-state index is 0. The van der Waals surface area contributed by atoms with E-state index in [-0.39, 0.29) is 24.1 Å². The first-order chi connectivity index (χ1) is 10.7. The first-order valence-corrected chi connectivity index (χ1v) is 8.00. The Kier molecular flexibility index (Phi) is 8.95. The van der Waals surface area contributed by atoms with Crippen molar-refractivity contribution in [3.8, 4) is 5.75 Å². The van der Waals surface area contributed by atoms with Crippen LogP contribution in [0.25, 0.3) is 0 Å². The Morgan fingerprint density at radius 3 is 2.57 bits per heavy atom. The molecule has 23 heavy (non-hydrogen) atoms. The number of nitrogens with one attached hydrogen (secondary N) is 1. The Morgan fingerprint density at radius 2 is 1.96 bits per heavy atom. The maximum atomic E-state index is 12.8. The van der Waals surface area contributed by atoms with Crippen LogP contribution in [-0.4, -0.2) is 44.1 Å². The highest BCUT2D eigenvalue weighted by Gasteiger charge is 2.21. The number of halogens is 2. The highest BCUT2D eigenvalue weighted by Crippen LogP contribution is 2.17. The summed E-state index contributed by atoms with van der Waals surface area (Å²) in [4.78, 5) is 14.1. The number of carbonyl (C=O) groups is 1. The van der Waals surface area contributed by atoms with Crippen LogP contribution < -0.4 is 10.1 Å². The quantitative estimate of drug-likeness (QED) is 0.773. The van der Waals surface area contributed by atoms with Crippen molar-refractivity contribution in [3.05, 3.63) is 30.1 Å². The largest absolute Gasteiger partial charge is 0.494 e. The summed E-state index contributed by atoms with van der Waals surface area (Å²) >= 11 is 0. The van der Waals surface area contributed by atoms with Gasteiger partial charge in [0.25, 0.3) is 0 Å². The lowest BCUT2D eigenvalue weighted by atomic mass is 9.96. The second-order valence-corrected chi connectivity index (χ2v) is 5.79. The summed E-state index contributed by atoms with van der Waals surface area (Å²) in [7, 11) is 1.97. The molecule has 0 spiro atoms. The zero-order valence-electron chi connectivity index (χ0n) is 13.6. The first-order valence-electron chi connectivity index (χ1n) is 8.00. The standard InChI is InChI=1S/C17H25FN2O2.ClH/c1-19-13-14-8-10-20(11-9-14)17(21)3-2-12-22-16-6-4-15(18)5-7-16;/h4-7,14,19H,2-3,8-13H2,1H3;1H. The van der Waals surface area contributed by atoms with Gasteiger partial charge in [0.2, 0.25) is 5.91 Å². The zero-order chi connectivity index (χ0) is 15.8. The molecule has 1 aliphatic heterocycles. The van der Waals surface area contributed by atoms with E-state index in [1.165, 1.54) is 12.1 Å². The number of amides is 1. The van der Waals surface area contributed by atoms with E-state index in [9.17, 15) is 9.18 Å². The predicted octanol–water partition coefficient (Wildman–Crippen LogP) is 2.86. The van der Waals surface area contributed by atoms with Gasteiger partial charge < -0.3 is 15.0 Å². The Hall–Kier alpha value is -1.33. The molecule has 1 fully saturated rings. The topological polar surface area (TPSA) is 41.6 Å². The molecular formula is C17H26ClFN2O2. The highest BCUT2D eigenvalue weighted by molar-refractivity contribution is 5.85. The predicted molar refractivity (Wildman–Crippen MR) is 91.6 cm³/mol. The summed E-state index contributed by atoms with van der Waals surface area (Å²) in [6.45, 7) is 3.25. The van der Waals surface area contributed by atoms with Crippen molar-refractivity contribution in [1.29, 1.82) is 0 Å². The summed E-state index contributed by atoms with van der Waals surface area (Å²) in [5.41, 5.74) is 0. The number of ether oxygens (including phenoxy) is 1. The van der Waals surface area contributed by atoms with Crippen molar-refractivity contribution in [2.24, 2.45) is 5.92 Å². The van der Waals surface area contributed by atoms with Crippen LogP contribution in [0, 0.1) is 11.7 Å². The van der Waals surface area contributed by atoms with Gasteiger partial charge in [0.1, 0.15) is 11.6 Å². The van der Waals surface area contributed by atoms with Crippen LogP contribution in [0.1, 0.15) is 25.7 Å². The van der Waals surface area contributed by atoms with Gasteiger partial charge in [-0.15, -0.1) is 12.4 Å². The molecule has 2 rings (SSSR count). The molecule has 6 heteroatoms. The van der Waals surface area contributed by atoms with Gasteiger partial charge in [-0.3, -0.25) is 4.79 Å². The van der Waals surface area contributed by atoms with Crippen LogP contribution in [0.15, 0.2) is 24.3 Å². The normalized spacial score (nSPS) is 15.1. The molecule has 1 aromatic rings. The van der Waals surface area contributed by atoms with Crippen LogP contribution in [0.4, 0.5) is 4.39 Å². The lowest BCUT2D eigenvalue weighted by Gasteiger charge is -2.32. The van der Waals surface area contributed by atoms with Crippen molar-refractivity contribution in [3.63, 3.8) is 0 Å². The molecule has 1 aliphatic rings. The van der Waals surface area contributed by atoms with E-state index in [0.717, 1.165) is 32.5 Å². The fraction of sp³-hybridized carbons (Fsp3) is 0.588. The van der Waals surface area contributed by atoms with Gasteiger partial charge >= 0.3 is 0 Å². The smallest absolute Gasteiger partial charge is 0.222 e. The molecule has 1 amide bonds. The van der Waals surface area contributed by atoms with Crippen molar-refractivity contribution >= 4 is 18.3 Å². The van der Waals surface area contributed by atoms with Crippen molar-refractivity contribution in [1.82, 2.24) is 10.2 Å². The highest BCUT2D eigenvalue weighted by atomic mass is 35.5. The first kappa shape index (κ1) is 19.7. The number of rotatable bonds is 7. The fourth-order valence-electron chi connectivity index (χ4n) is 2.78. The minimum atomic E-state index is -0.274. The number of carbonyl (C=O) groups excluding carboxylic acids is 1. The van der Waals surface area contributed by atoms with E-state index in [2.05, 4.69) is 5.32 Å². The second-order valence-electron chi connectivity index (χ2n) is 5.79. The van der Waals surface area contributed by atoms with Gasteiger partial charge in [0.15, 0.2) is 0 Å². The van der Waals surface area contributed by atoms with Gasteiger partial charge in [0.05, 0.1) is 6.61 Å². The van der Waals surface area contributed by atoms with Gasteiger partial charge in [-0.1, -0.05) is 0 Å². The van der Waals surface area contributed by atoms with Gasteiger partial charge in [-0.2, -0.15) is 0 Å². The Labute approximate surface area is 143 Å². The SMILES string of the molecule is CNCC1CCN(C(=O)CCCOc2ccc(F)cc2)CC1.Cl. The third-order valence-corrected chi connectivity index (χ3v) is 4.08. The molecule has 0 atom stereocenters. The maximum Gasteiger partial charge on any atom is 0.222 e. The molecule has 4 nitrogen and oxygen atoms in total. The summed E-state index contributed by atoms with van der Waals surface area (Å²) < 4.78 is 18.3. The molecule has 0 bridgehead atoms. The molecule has 1 aromatic carbocycles. The minimum Gasteiger partial charge on any atom is -0.494 e. The van der Waals surface area contributed by atoms with Crippen molar-refractivity contribution in [2.45, 2.75) is 25.7 Å². The van der Waals surface area contributed by atoms with E-state index in [1.807, 2.05) is 11.9 Å². The average molecular weight is 345 g/mol. The lowest BCUT2D eigenvalue weighted by Crippen LogP contribution is -2.40. The van der Waals surface area contributed by atoms with Gasteiger partial charge in [-0.25, -0.2) is 4.39 Å². The lowest BCUT2D eigenvalue weighted by molar-refractivity contribution is -0.132. The number of likely N-dealkylation sites (tertiary alicyclic amines) is 1. The third-order valence-electron chi connectivity index (χ3n) is 4.08. The molecule has 130 valence electrons. The molecular weight excluding hydrogens is 319 g/mol. The van der Waals surface area contributed by atoms with Crippen LogP contribution in [0.3, 0.4) is 0 Å². The molecule has 1 saturated heterocycles. The zero-order valence-corrected chi connectivity index (χ0v) is 14.4. The van der Waals surface area contributed by atoms with Crippen molar-refractivity contribution in [2.75, 3.05) is 33.3 Å². The number of hydrogen-bond donors (Lipinski definition) is 1. The third kappa shape index (κ3) is 6.75. The number of benzene rings is 1. The van der Waals surface area contributed by atoms with Gasteiger partial charge in [-0.05, 0) is 63.0 Å². The van der Waals surface area contributed by atoms with Crippen LogP contribution in [0.5, 0.6) is 5.75 Å². The molecule has 1 heterocycles. The van der Waals surface area contributed by atoms with E-state index in [0.29, 0.717) is 31.1 Å². The molecule has 0 aromatic heterocycles. The van der Waals surface area contributed by atoms with E-state index < -0.39 is 0 Å². The number of nitrogens with zero attached hydrogens (tertiary/aromatic N) is 1. The average Bonchev–Trinajstić information content (AvgIpc) is 2.54. The van der Waals surface area contributed by atoms with E-state index >= 15 is 0 Å². The Bertz CT molecular complexity index is 462. The summed E-state index contributed by atoms with van der Waals surface area (Å²) in [6.07, 6.45) is 3.36. The molecule has 0 radical (unpaired) electrons. The molecule has 0 saturated carbocycles. The summed E-state index contributed by atoms with van der Waals surface area (Å²) in [6, 6.07) is 5.94. The fourth-order valence-corrected chi connectivity index (χ4v) is 2.78. The van der Waals surface area contributed by atoms with E-state index in [1.54, 1.807) is 12.1 Å². The van der Waals surface area contributed by atoms with Crippen molar-refractivity contribution < 1.29 is 13.9 Å².